The molecule has 0 saturated carbocycles. The first kappa shape index (κ1) is 15.0. The Morgan fingerprint density at radius 3 is 2.65 bits per heavy atom. The van der Waals surface area contributed by atoms with Gasteiger partial charge in [-0.25, -0.2) is 0 Å². The van der Waals surface area contributed by atoms with Crippen molar-refractivity contribution >= 4 is 38.5 Å². The van der Waals surface area contributed by atoms with Gasteiger partial charge in [0.05, 0.1) is 23.6 Å². The Bertz CT molecular complexity index is 1240. The number of aromatic nitrogens is 1. The van der Waals surface area contributed by atoms with Gasteiger partial charge >= 0.3 is 0 Å². The molecule has 1 aromatic heterocycles. The van der Waals surface area contributed by atoms with E-state index in [9.17, 15) is 15.0 Å². The average molecular weight is 348 g/mol. The van der Waals surface area contributed by atoms with Crippen molar-refractivity contribution in [2.24, 2.45) is 0 Å². The van der Waals surface area contributed by atoms with Crippen molar-refractivity contribution in [1.29, 1.82) is 0 Å². The number of aromatic amines is 1. The molecule has 5 rings (SSSR count). The van der Waals surface area contributed by atoms with Crippen molar-refractivity contribution in [2.75, 3.05) is 14.2 Å². The van der Waals surface area contributed by atoms with Crippen molar-refractivity contribution in [3.63, 3.8) is 0 Å². The smallest absolute Gasteiger partial charge is 0.257 e. The van der Waals surface area contributed by atoms with E-state index in [1.54, 1.807) is 20.2 Å². The van der Waals surface area contributed by atoms with Crippen LogP contribution in [0.3, 0.4) is 0 Å². The van der Waals surface area contributed by atoms with E-state index in [1.165, 1.54) is 11.0 Å². The topological polar surface area (TPSA) is 85.8 Å². The summed E-state index contributed by atoms with van der Waals surface area (Å²) < 4.78 is 5.52. The summed E-state index contributed by atoms with van der Waals surface area (Å²) in [6.07, 6.45) is -1.13. The lowest BCUT2D eigenvalue weighted by Crippen LogP contribution is -2.22. The van der Waals surface area contributed by atoms with Crippen LogP contribution in [0.5, 0.6) is 11.5 Å². The molecule has 1 amide bonds. The van der Waals surface area contributed by atoms with E-state index in [1.807, 2.05) is 24.3 Å². The number of para-hydroxylation sites is 1. The number of amides is 1. The number of nitrogens with zero attached hydrogens (tertiary/aromatic N) is 1. The second-order valence-electron chi connectivity index (χ2n) is 6.54. The average Bonchev–Trinajstić information content (AvgIpc) is 3.14. The second-order valence-corrected chi connectivity index (χ2v) is 6.54. The second kappa shape index (κ2) is 4.89. The molecule has 0 radical (unpaired) electrons. The van der Waals surface area contributed by atoms with Gasteiger partial charge in [-0.3, -0.25) is 4.79 Å². The summed E-state index contributed by atoms with van der Waals surface area (Å²) in [6, 6.07) is 10.9. The Hall–Kier alpha value is -3.25. The Kier molecular flexibility index (Phi) is 2.83. The minimum absolute atomic E-state index is 0.000226. The van der Waals surface area contributed by atoms with Crippen LogP contribution in [0.1, 0.15) is 22.1 Å². The fraction of sp³-hybridized carbons (Fsp3) is 0.150. The first-order chi connectivity index (χ1) is 12.5. The number of hydrogen-bond acceptors (Lipinski definition) is 4. The van der Waals surface area contributed by atoms with Gasteiger partial charge in [0, 0.05) is 34.3 Å². The van der Waals surface area contributed by atoms with Crippen molar-refractivity contribution < 1.29 is 19.7 Å². The highest BCUT2D eigenvalue weighted by Crippen LogP contribution is 2.49. The molecule has 2 heterocycles. The maximum atomic E-state index is 12.9. The lowest BCUT2D eigenvalue weighted by atomic mass is 9.93. The lowest BCUT2D eigenvalue weighted by molar-refractivity contribution is 0.0307. The predicted octanol–water partition coefficient (Wildman–Crippen LogP) is 3.27. The van der Waals surface area contributed by atoms with Crippen molar-refractivity contribution in [3.05, 3.63) is 47.5 Å². The highest BCUT2D eigenvalue weighted by molar-refractivity contribution is 6.28. The minimum atomic E-state index is -1.13. The Morgan fingerprint density at radius 2 is 1.88 bits per heavy atom. The Morgan fingerprint density at radius 1 is 1.12 bits per heavy atom. The molecule has 6 nitrogen and oxygen atoms in total. The fourth-order valence-electron chi connectivity index (χ4n) is 4.07. The summed E-state index contributed by atoms with van der Waals surface area (Å²) in [5.41, 5.74) is 2.42. The molecule has 4 aromatic rings. The third-order valence-corrected chi connectivity index (χ3v) is 5.27. The third kappa shape index (κ3) is 1.62. The molecule has 3 N–H and O–H groups in total. The molecule has 0 saturated heterocycles. The highest BCUT2D eigenvalue weighted by Gasteiger charge is 2.39. The number of H-pyrrole nitrogens is 1. The third-order valence-electron chi connectivity index (χ3n) is 5.27. The molecule has 0 fully saturated rings. The molecule has 26 heavy (non-hydrogen) atoms. The van der Waals surface area contributed by atoms with Gasteiger partial charge in [-0.15, -0.1) is 0 Å². The van der Waals surface area contributed by atoms with E-state index in [4.69, 9.17) is 4.74 Å². The molecule has 1 aliphatic rings. The number of phenolic OH excluding ortho intramolecular Hbond substituents is 1. The number of methoxy groups -OCH3 is 1. The molecular weight excluding hydrogens is 332 g/mol. The number of ether oxygens (including phenoxy) is 1. The van der Waals surface area contributed by atoms with Crippen molar-refractivity contribution in [1.82, 2.24) is 9.88 Å². The molecule has 130 valence electrons. The number of nitrogens with one attached hydrogen (secondary N) is 1. The zero-order valence-electron chi connectivity index (χ0n) is 14.2. The van der Waals surface area contributed by atoms with Crippen LogP contribution in [-0.4, -0.2) is 40.2 Å². The van der Waals surface area contributed by atoms with E-state index >= 15 is 0 Å². The molecule has 3 aromatic carbocycles. The summed E-state index contributed by atoms with van der Waals surface area (Å²) in [5.74, 6) is 0.289. The van der Waals surface area contributed by atoms with Gasteiger partial charge < -0.3 is 24.8 Å². The van der Waals surface area contributed by atoms with E-state index in [2.05, 4.69) is 4.98 Å². The summed E-state index contributed by atoms with van der Waals surface area (Å²) in [7, 11) is 3.11. The van der Waals surface area contributed by atoms with Crippen LogP contribution in [-0.2, 0) is 0 Å². The number of rotatable bonds is 1. The van der Waals surface area contributed by atoms with Crippen LogP contribution >= 0.6 is 0 Å². The van der Waals surface area contributed by atoms with Crippen LogP contribution in [0.4, 0.5) is 0 Å². The van der Waals surface area contributed by atoms with Gasteiger partial charge in [0.25, 0.3) is 5.91 Å². The summed E-state index contributed by atoms with van der Waals surface area (Å²) in [6.45, 7) is 0. The number of hydrogen-bond donors (Lipinski definition) is 3. The number of aromatic hydroxyl groups is 1. The van der Waals surface area contributed by atoms with Gasteiger partial charge in [-0.05, 0) is 18.2 Å². The molecule has 6 heteroatoms. The largest absolute Gasteiger partial charge is 0.507 e. The standard InChI is InChI=1S/C20H16N2O4/c1-22-19(24)16-13-9-5-3-4-6-10(9)21-18(13)15-12(26-2)8-7-11(23)14(15)17(16)20(22)25/h3-8,20-21,23,25H,1-2H3. The SMILES string of the molecule is COc1ccc(O)c2c3c(c4c5ccccc5[nH]c4c12)C(=O)N(C)C3O. The number of carbonyl (C=O) groups is 1. The number of benzene rings is 3. The van der Waals surface area contributed by atoms with Gasteiger partial charge in [0.15, 0.2) is 6.23 Å². The summed E-state index contributed by atoms with van der Waals surface area (Å²) in [5, 5.41) is 24.0. The lowest BCUT2D eigenvalue weighted by Gasteiger charge is -2.16. The van der Waals surface area contributed by atoms with E-state index < -0.39 is 6.23 Å². The Labute approximate surface area is 148 Å². The summed E-state index contributed by atoms with van der Waals surface area (Å²) >= 11 is 0. The normalized spacial score (nSPS) is 16.8. The predicted molar refractivity (Wildman–Crippen MR) is 98.6 cm³/mol. The zero-order chi connectivity index (χ0) is 18.2. The first-order valence-corrected chi connectivity index (χ1v) is 8.25. The number of carbonyl (C=O) groups excluding carboxylic acids is 1. The molecule has 0 aliphatic carbocycles. The fourth-order valence-corrected chi connectivity index (χ4v) is 4.07. The molecule has 0 spiro atoms. The number of aliphatic hydroxyl groups is 1. The van der Waals surface area contributed by atoms with Crippen molar-refractivity contribution in [3.8, 4) is 11.5 Å². The summed E-state index contributed by atoms with van der Waals surface area (Å²) in [4.78, 5) is 17.6. The maximum Gasteiger partial charge on any atom is 0.257 e. The van der Waals surface area contributed by atoms with E-state index in [0.29, 0.717) is 33.2 Å². The minimum Gasteiger partial charge on any atom is -0.507 e. The van der Waals surface area contributed by atoms with Crippen LogP contribution in [0.25, 0.3) is 32.6 Å². The zero-order valence-corrected chi connectivity index (χ0v) is 14.2. The van der Waals surface area contributed by atoms with Crippen LogP contribution < -0.4 is 4.74 Å². The monoisotopic (exact) mass is 348 g/mol. The van der Waals surface area contributed by atoms with Crippen LogP contribution in [0, 0.1) is 0 Å². The van der Waals surface area contributed by atoms with Crippen LogP contribution in [0.2, 0.25) is 0 Å². The van der Waals surface area contributed by atoms with Crippen molar-refractivity contribution in [2.45, 2.75) is 6.23 Å². The number of fused-ring (bicyclic) bond motifs is 8. The molecule has 0 bridgehead atoms. The van der Waals surface area contributed by atoms with Gasteiger partial charge in [0.1, 0.15) is 11.5 Å². The highest BCUT2D eigenvalue weighted by atomic mass is 16.5. The van der Waals surface area contributed by atoms with Gasteiger partial charge in [-0.1, -0.05) is 18.2 Å². The first-order valence-electron chi connectivity index (χ1n) is 8.25. The Balaban J connectivity index is 2.18. The van der Waals surface area contributed by atoms with Crippen LogP contribution in [0.15, 0.2) is 36.4 Å². The van der Waals surface area contributed by atoms with Gasteiger partial charge in [0.2, 0.25) is 0 Å². The van der Waals surface area contributed by atoms with Gasteiger partial charge in [-0.2, -0.15) is 0 Å². The molecule has 1 atom stereocenters. The molecule has 1 unspecified atom stereocenters. The van der Waals surface area contributed by atoms with E-state index in [-0.39, 0.29) is 11.7 Å². The molecule has 1 aliphatic heterocycles. The van der Waals surface area contributed by atoms with E-state index in [0.717, 1.165) is 16.3 Å². The maximum absolute atomic E-state index is 12.9. The number of aliphatic hydroxyl groups excluding tert-OH is 1. The number of phenols is 1. The quantitative estimate of drug-likeness (QED) is 0.493. The molecular formula is C20H16N2O4.